The zero-order chi connectivity index (χ0) is 23.9. The van der Waals surface area contributed by atoms with E-state index in [1.165, 1.54) is 0 Å². The van der Waals surface area contributed by atoms with E-state index in [2.05, 4.69) is 46.5 Å². The van der Waals surface area contributed by atoms with Crippen molar-refractivity contribution in [2.75, 3.05) is 5.75 Å². The molecule has 0 aromatic heterocycles. The summed E-state index contributed by atoms with van der Waals surface area (Å²) in [5.41, 5.74) is 1.64. The second-order valence-electron chi connectivity index (χ2n) is 8.05. The van der Waals surface area contributed by atoms with Crippen molar-refractivity contribution >= 4 is 25.8 Å². The minimum Gasteiger partial charge on any atom is -0.376 e. The molecule has 2 aliphatic rings. The molecule has 1 N–H and O–H groups in total. The van der Waals surface area contributed by atoms with Gasteiger partial charge in [-0.15, -0.1) is 0 Å². The smallest absolute Gasteiger partial charge is 0.181 e. The Kier molecular flexibility index (Phi) is 8.53. The highest BCUT2D eigenvalue weighted by Gasteiger charge is 2.38. The summed E-state index contributed by atoms with van der Waals surface area (Å²) in [4.78, 5) is 0.264. The van der Waals surface area contributed by atoms with E-state index in [1.54, 1.807) is 36.4 Å². The minimum absolute atomic E-state index is 0.165. The molecule has 0 heterocycles. The topological polar surface area (TPSA) is 54.4 Å². The summed E-state index contributed by atoms with van der Waals surface area (Å²) in [7, 11) is -3.49. The molecular formula is C28H29BrO3S. The van der Waals surface area contributed by atoms with Gasteiger partial charge < -0.3 is 5.11 Å². The van der Waals surface area contributed by atoms with Crippen LogP contribution in [-0.4, -0.2) is 24.9 Å². The zero-order valence-electron chi connectivity index (χ0n) is 18.9. The fraction of sp³-hybridized carbons (Fsp3) is 0.286. The number of halogens is 1. The summed E-state index contributed by atoms with van der Waals surface area (Å²) in [5.74, 6) is 6.18. The molecule has 0 saturated heterocycles. The molecule has 33 heavy (non-hydrogen) atoms. The maximum atomic E-state index is 12.8. The maximum absolute atomic E-state index is 12.8. The van der Waals surface area contributed by atoms with Crippen molar-refractivity contribution in [1.82, 2.24) is 0 Å². The van der Waals surface area contributed by atoms with E-state index < -0.39 is 15.4 Å². The predicted molar refractivity (Wildman–Crippen MR) is 139 cm³/mol. The van der Waals surface area contributed by atoms with Crippen molar-refractivity contribution < 1.29 is 13.5 Å². The number of sulfone groups is 1. The van der Waals surface area contributed by atoms with Crippen LogP contribution in [0.1, 0.15) is 39.0 Å². The van der Waals surface area contributed by atoms with Gasteiger partial charge in [0, 0.05) is 17.3 Å². The number of hydrogen-bond donors (Lipinski definition) is 1. The zero-order valence-corrected chi connectivity index (χ0v) is 21.3. The lowest BCUT2D eigenvalue weighted by Crippen LogP contribution is -2.36. The lowest BCUT2D eigenvalue weighted by atomic mass is 9.75. The summed E-state index contributed by atoms with van der Waals surface area (Å²) in [5, 5.41) is 12.2. The summed E-state index contributed by atoms with van der Waals surface area (Å²) >= 11 is 3.33. The van der Waals surface area contributed by atoms with Gasteiger partial charge in [-0.05, 0) is 72.7 Å². The van der Waals surface area contributed by atoms with Crippen LogP contribution < -0.4 is 0 Å². The van der Waals surface area contributed by atoms with Crippen molar-refractivity contribution in [3.63, 3.8) is 0 Å². The Labute approximate surface area is 206 Å². The normalized spacial score (nSPS) is 23.0. The molecule has 0 radical (unpaired) electrons. The van der Waals surface area contributed by atoms with E-state index in [1.807, 2.05) is 25.2 Å². The summed E-state index contributed by atoms with van der Waals surface area (Å²) in [6.07, 6.45) is 16.8. The van der Waals surface area contributed by atoms with Crippen LogP contribution in [0.25, 0.3) is 0 Å². The van der Waals surface area contributed by atoms with Gasteiger partial charge in [0.2, 0.25) is 0 Å². The van der Waals surface area contributed by atoms with Gasteiger partial charge in [-0.1, -0.05) is 76.9 Å². The number of benzene rings is 1. The van der Waals surface area contributed by atoms with Gasteiger partial charge in [0.05, 0.1) is 10.6 Å². The molecule has 5 heteroatoms. The van der Waals surface area contributed by atoms with Crippen LogP contribution in [0.4, 0.5) is 0 Å². The van der Waals surface area contributed by atoms with Crippen LogP contribution >= 0.6 is 15.9 Å². The highest BCUT2D eigenvalue weighted by Crippen LogP contribution is 2.41. The third-order valence-corrected chi connectivity index (χ3v) is 8.01. The molecule has 0 fully saturated rings. The van der Waals surface area contributed by atoms with Crippen LogP contribution in [-0.2, 0) is 9.84 Å². The molecule has 0 aliphatic heterocycles. The average molecular weight is 526 g/mol. The number of aliphatic hydroxyl groups is 1. The quantitative estimate of drug-likeness (QED) is 0.358. The van der Waals surface area contributed by atoms with E-state index in [0.717, 1.165) is 34.9 Å². The maximum Gasteiger partial charge on any atom is 0.181 e. The molecule has 1 atom stereocenters. The minimum atomic E-state index is -3.49. The Bertz CT molecular complexity index is 1220. The van der Waals surface area contributed by atoms with E-state index in [-0.39, 0.29) is 10.6 Å². The van der Waals surface area contributed by atoms with Crippen molar-refractivity contribution in [2.45, 2.75) is 49.5 Å². The fourth-order valence-corrected chi connectivity index (χ4v) is 5.45. The largest absolute Gasteiger partial charge is 0.376 e. The van der Waals surface area contributed by atoms with Crippen LogP contribution in [0.2, 0.25) is 0 Å². The number of allylic oxidation sites excluding steroid dienone is 5. The third kappa shape index (κ3) is 5.95. The first-order valence-electron chi connectivity index (χ1n) is 11.0. The lowest BCUT2D eigenvalue weighted by Gasteiger charge is -2.35. The first-order chi connectivity index (χ1) is 15.8. The van der Waals surface area contributed by atoms with E-state index in [4.69, 9.17) is 0 Å². The van der Waals surface area contributed by atoms with Gasteiger partial charge in [0.1, 0.15) is 5.60 Å². The van der Waals surface area contributed by atoms with E-state index >= 15 is 0 Å². The van der Waals surface area contributed by atoms with E-state index in [0.29, 0.717) is 24.0 Å². The molecule has 172 valence electrons. The number of rotatable bonds is 5. The molecule has 1 aromatic carbocycles. The standard InChI is InChI=1S/C28H29BrO3S/c1-3-24(15-11-21-33(31,32)26-19-17-25(29)18-20-26)28(30)22(2)12-7-4-5-8-13-23-14-9-6-10-16-27(23)28/h3,7,9,11-12,14-15,17-20,30H,2,4,6,10,13,16,21H2,1H3/b12-7-,15-11-,24-3+. The van der Waals surface area contributed by atoms with Crippen molar-refractivity contribution in [2.24, 2.45) is 0 Å². The van der Waals surface area contributed by atoms with Gasteiger partial charge >= 0.3 is 0 Å². The molecule has 0 spiro atoms. The molecule has 3 nitrogen and oxygen atoms in total. The lowest BCUT2D eigenvalue weighted by molar-refractivity contribution is 0.157. The van der Waals surface area contributed by atoms with Gasteiger partial charge in [-0.25, -0.2) is 8.42 Å². The Morgan fingerprint density at radius 2 is 1.97 bits per heavy atom. The first kappa shape index (κ1) is 25.2. The molecule has 3 rings (SSSR count). The molecular weight excluding hydrogens is 496 g/mol. The average Bonchev–Trinajstić information content (AvgIpc) is 3.04. The van der Waals surface area contributed by atoms with Crippen LogP contribution in [0.15, 0.2) is 105 Å². The van der Waals surface area contributed by atoms with Crippen molar-refractivity contribution in [3.8, 4) is 11.8 Å². The van der Waals surface area contributed by atoms with Crippen molar-refractivity contribution in [3.05, 3.63) is 100 Å². The van der Waals surface area contributed by atoms with Gasteiger partial charge in [0.15, 0.2) is 9.84 Å². The van der Waals surface area contributed by atoms with Crippen molar-refractivity contribution in [1.29, 1.82) is 0 Å². The van der Waals surface area contributed by atoms with Gasteiger partial charge in [-0.3, -0.25) is 0 Å². The van der Waals surface area contributed by atoms with Gasteiger partial charge in [0.25, 0.3) is 0 Å². The molecule has 1 unspecified atom stereocenters. The Morgan fingerprint density at radius 3 is 2.70 bits per heavy atom. The molecule has 0 saturated carbocycles. The summed E-state index contributed by atoms with van der Waals surface area (Å²) < 4.78 is 26.4. The molecule has 0 bridgehead atoms. The molecule has 0 amide bonds. The first-order valence-corrected chi connectivity index (χ1v) is 13.5. The monoisotopic (exact) mass is 524 g/mol. The fourth-order valence-electron chi connectivity index (χ4n) is 4.09. The van der Waals surface area contributed by atoms with E-state index in [9.17, 15) is 13.5 Å². The highest BCUT2D eigenvalue weighted by atomic mass is 79.9. The Balaban J connectivity index is 1.99. The SMILES string of the molecule is C=C1/C=C\CC#CCC2=C(CCCC=C2)C1(O)C(/C=C\CS(=O)(=O)c1ccc(Br)cc1)=C/C. The summed E-state index contributed by atoms with van der Waals surface area (Å²) in [6.45, 7) is 6.05. The molecule has 2 aliphatic carbocycles. The molecule has 1 aromatic rings. The highest BCUT2D eigenvalue weighted by molar-refractivity contribution is 9.10. The summed E-state index contributed by atoms with van der Waals surface area (Å²) in [6, 6.07) is 6.59. The van der Waals surface area contributed by atoms with Crippen LogP contribution in [0.3, 0.4) is 0 Å². The Hall–Kier alpha value is -2.39. The van der Waals surface area contributed by atoms with Crippen LogP contribution in [0.5, 0.6) is 0 Å². The predicted octanol–water partition coefficient (Wildman–Crippen LogP) is 6.40. The Morgan fingerprint density at radius 1 is 1.21 bits per heavy atom. The number of hydrogen-bond acceptors (Lipinski definition) is 3. The second kappa shape index (κ2) is 11.2. The second-order valence-corrected chi connectivity index (χ2v) is 11.0. The third-order valence-electron chi connectivity index (χ3n) is 5.86. The van der Waals surface area contributed by atoms with Crippen LogP contribution in [0, 0.1) is 11.8 Å². The van der Waals surface area contributed by atoms with Gasteiger partial charge in [-0.2, -0.15) is 0 Å².